The van der Waals surface area contributed by atoms with Gasteiger partial charge in [0.15, 0.2) is 23.0 Å². The van der Waals surface area contributed by atoms with Crippen LogP contribution in [0, 0.1) is 0 Å². The van der Waals surface area contributed by atoms with Crippen LogP contribution >= 0.6 is 0 Å². The lowest BCUT2D eigenvalue weighted by atomic mass is 10.1. The number of ether oxygens (including phenoxy) is 8. The summed E-state index contributed by atoms with van der Waals surface area (Å²) in [6, 6.07) is 6.69. The van der Waals surface area contributed by atoms with Crippen LogP contribution in [-0.2, 0) is 14.3 Å². The Morgan fingerprint density at radius 3 is 1.59 bits per heavy atom. The van der Waals surface area contributed by atoms with Gasteiger partial charge in [0.05, 0.1) is 61.4 Å². The lowest BCUT2D eigenvalue weighted by Gasteiger charge is -2.16. The van der Waals surface area contributed by atoms with Crippen LogP contribution in [0.2, 0.25) is 0 Å². The van der Waals surface area contributed by atoms with E-state index < -0.39 is 11.9 Å². The molecule has 2 aromatic rings. The van der Waals surface area contributed by atoms with Gasteiger partial charge in [-0.1, -0.05) is 12.8 Å². The van der Waals surface area contributed by atoms with Gasteiger partial charge in [0.2, 0.25) is 11.5 Å². The van der Waals surface area contributed by atoms with Crippen LogP contribution in [0.15, 0.2) is 30.3 Å². The van der Waals surface area contributed by atoms with Gasteiger partial charge in [-0.05, 0) is 81.7 Å². The van der Waals surface area contributed by atoms with Crippen molar-refractivity contribution in [2.24, 2.45) is 0 Å². The molecule has 0 unspecified atom stereocenters. The molecule has 0 atom stereocenters. The first-order valence-corrected chi connectivity index (χ1v) is 14.6. The van der Waals surface area contributed by atoms with Crippen LogP contribution in [0.5, 0.6) is 34.5 Å². The van der Waals surface area contributed by atoms with E-state index in [2.05, 4.69) is 11.9 Å². The second kappa shape index (κ2) is 20.0. The van der Waals surface area contributed by atoms with Crippen LogP contribution < -0.4 is 28.4 Å². The van der Waals surface area contributed by atoms with Crippen molar-refractivity contribution in [1.82, 2.24) is 4.90 Å². The Labute approximate surface area is 260 Å². The fourth-order valence-electron chi connectivity index (χ4n) is 4.46. The molecule has 11 nitrogen and oxygen atoms in total. The summed E-state index contributed by atoms with van der Waals surface area (Å²) in [5, 5.41) is 0. The Bertz CT molecular complexity index is 1160. The average molecular weight is 618 g/mol. The summed E-state index contributed by atoms with van der Waals surface area (Å²) in [5.74, 6) is 1.93. The van der Waals surface area contributed by atoms with Crippen LogP contribution in [0.25, 0.3) is 6.08 Å². The van der Waals surface area contributed by atoms with Crippen LogP contribution in [0.3, 0.4) is 0 Å². The van der Waals surface area contributed by atoms with E-state index in [0.29, 0.717) is 53.3 Å². The summed E-state index contributed by atoms with van der Waals surface area (Å²) >= 11 is 0. The number of carbonyl (C=O) groups excluding carboxylic acids is 2. The molecule has 0 spiro atoms. The highest BCUT2D eigenvalue weighted by Crippen LogP contribution is 2.39. The predicted octanol–water partition coefficient (Wildman–Crippen LogP) is 5.42. The van der Waals surface area contributed by atoms with Gasteiger partial charge in [-0.25, -0.2) is 9.59 Å². The molecule has 0 saturated heterocycles. The van der Waals surface area contributed by atoms with Gasteiger partial charge in [0.1, 0.15) is 0 Å². The molecule has 0 aliphatic carbocycles. The first-order chi connectivity index (χ1) is 21.3. The molecule has 0 bridgehead atoms. The van der Waals surface area contributed by atoms with Crippen molar-refractivity contribution in [3.63, 3.8) is 0 Å². The summed E-state index contributed by atoms with van der Waals surface area (Å²) in [5.41, 5.74) is 1.08. The number of nitrogens with zero attached hydrogens (tertiary/aromatic N) is 1. The van der Waals surface area contributed by atoms with Gasteiger partial charge < -0.3 is 42.8 Å². The standard InChI is InChI=1S/C33H47NO10/c1-34(16-10-8-9-12-19-44-33(36)25-22-28(39-4)32(42-7)29(23-25)40-5)17-11-13-18-43-30(35)15-14-24-20-26(37-2)31(41-6)27(21-24)38-3/h14-15,20-23H,8-13,16-19H2,1-7H3/b15-14+. The predicted molar refractivity (Wildman–Crippen MR) is 168 cm³/mol. The van der Waals surface area contributed by atoms with Crippen molar-refractivity contribution >= 4 is 18.0 Å². The van der Waals surface area contributed by atoms with Gasteiger partial charge in [0.25, 0.3) is 0 Å². The summed E-state index contributed by atoms with van der Waals surface area (Å²) in [4.78, 5) is 26.9. The minimum Gasteiger partial charge on any atom is -0.493 e. The highest BCUT2D eigenvalue weighted by molar-refractivity contribution is 5.91. The third-order valence-electron chi connectivity index (χ3n) is 6.85. The van der Waals surface area contributed by atoms with Crippen molar-refractivity contribution in [2.45, 2.75) is 38.5 Å². The Hall–Kier alpha value is -4.12. The number of hydrogen-bond acceptors (Lipinski definition) is 11. The van der Waals surface area contributed by atoms with Crippen molar-refractivity contribution < 1.29 is 47.5 Å². The monoisotopic (exact) mass is 617 g/mol. The molecule has 2 rings (SSSR count). The lowest BCUT2D eigenvalue weighted by Crippen LogP contribution is -2.21. The van der Waals surface area contributed by atoms with Crippen molar-refractivity contribution in [3.8, 4) is 34.5 Å². The number of esters is 2. The molecule has 0 amide bonds. The fraction of sp³-hybridized carbons (Fsp3) is 0.515. The maximum absolute atomic E-state index is 12.5. The van der Waals surface area contributed by atoms with E-state index >= 15 is 0 Å². The number of hydrogen-bond donors (Lipinski definition) is 0. The van der Waals surface area contributed by atoms with Gasteiger partial charge in [-0.3, -0.25) is 0 Å². The zero-order chi connectivity index (χ0) is 32.3. The molecule has 0 aromatic heterocycles. The Morgan fingerprint density at radius 1 is 0.614 bits per heavy atom. The van der Waals surface area contributed by atoms with Gasteiger partial charge in [0, 0.05) is 6.08 Å². The van der Waals surface area contributed by atoms with E-state index in [1.807, 2.05) is 0 Å². The highest BCUT2D eigenvalue weighted by Gasteiger charge is 2.18. The quantitative estimate of drug-likeness (QED) is 0.102. The Morgan fingerprint density at radius 2 is 1.07 bits per heavy atom. The smallest absolute Gasteiger partial charge is 0.338 e. The summed E-state index contributed by atoms with van der Waals surface area (Å²) in [7, 11) is 11.2. The highest BCUT2D eigenvalue weighted by atomic mass is 16.5. The second-order valence-electron chi connectivity index (χ2n) is 9.93. The van der Waals surface area contributed by atoms with Crippen molar-refractivity contribution in [2.75, 3.05) is 76.0 Å². The molecule has 0 N–H and O–H groups in total. The molecule has 0 fully saturated rings. The minimum atomic E-state index is -0.427. The lowest BCUT2D eigenvalue weighted by molar-refractivity contribution is -0.137. The second-order valence-corrected chi connectivity index (χ2v) is 9.93. The van der Waals surface area contributed by atoms with E-state index in [1.165, 1.54) is 34.5 Å². The Balaban J connectivity index is 1.57. The minimum absolute atomic E-state index is 0.349. The van der Waals surface area contributed by atoms with Gasteiger partial charge >= 0.3 is 11.9 Å². The molecule has 2 aromatic carbocycles. The largest absolute Gasteiger partial charge is 0.493 e. The third-order valence-corrected chi connectivity index (χ3v) is 6.85. The fourth-order valence-corrected chi connectivity index (χ4v) is 4.46. The number of unbranched alkanes of at least 4 members (excludes halogenated alkanes) is 4. The number of benzene rings is 2. The topological polar surface area (TPSA) is 111 Å². The van der Waals surface area contributed by atoms with E-state index in [0.717, 1.165) is 57.2 Å². The van der Waals surface area contributed by atoms with Gasteiger partial charge in [-0.2, -0.15) is 0 Å². The van der Waals surface area contributed by atoms with E-state index in [4.69, 9.17) is 37.9 Å². The molecule has 0 heterocycles. The zero-order valence-electron chi connectivity index (χ0n) is 27.1. The molecule has 0 aliphatic heterocycles. The van der Waals surface area contributed by atoms with E-state index in [9.17, 15) is 9.59 Å². The molecule has 0 radical (unpaired) electrons. The van der Waals surface area contributed by atoms with Crippen LogP contribution in [0.1, 0.15) is 54.4 Å². The number of rotatable bonds is 21. The number of methoxy groups -OCH3 is 6. The molecular weight excluding hydrogens is 570 g/mol. The van der Waals surface area contributed by atoms with Crippen molar-refractivity contribution in [1.29, 1.82) is 0 Å². The van der Waals surface area contributed by atoms with Crippen LogP contribution in [0.4, 0.5) is 0 Å². The molecule has 0 saturated carbocycles. The van der Waals surface area contributed by atoms with Crippen LogP contribution in [-0.4, -0.2) is 92.8 Å². The zero-order valence-corrected chi connectivity index (χ0v) is 27.1. The summed E-state index contributed by atoms with van der Waals surface area (Å²) in [6.45, 7) is 2.61. The van der Waals surface area contributed by atoms with E-state index in [1.54, 1.807) is 44.6 Å². The molecule has 44 heavy (non-hydrogen) atoms. The SMILES string of the molecule is COc1cc(/C=C/C(=O)OCCCCN(C)CCCCCCOC(=O)c2cc(OC)c(OC)c(OC)c2)cc(OC)c1OC. The molecular formula is C33H47NO10. The molecule has 244 valence electrons. The first kappa shape index (κ1) is 36.1. The van der Waals surface area contributed by atoms with Crippen molar-refractivity contribution in [3.05, 3.63) is 41.5 Å². The Kier molecular flexibility index (Phi) is 16.4. The maximum atomic E-state index is 12.5. The molecule has 0 aliphatic rings. The maximum Gasteiger partial charge on any atom is 0.338 e. The molecule has 11 heteroatoms. The summed E-state index contributed by atoms with van der Waals surface area (Å²) in [6.07, 6.45) is 8.61. The normalized spacial score (nSPS) is 10.9. The third kappa shape index (κ3) is 11.5. The number of carbonyl (C=O) groups is 2. The van der Waals surface area contributed by atoms with Gasteiger partial charge in [-0.15, -0.1) is 0 Å². The summed E-state index contributed by atoms with van der Waals surface area (Å²) < 4.78 is 42.6. The van der Waals surface area contributed by atoms with E-state index in [-0.39, 0.29) is 0 Å². The first-order valence-electron chi connectivity index (χ1n) is 14.6. The average Bonchev–Trinajstić information content (AvgIpc) is 3.04.